The molecule has 0 spiro atoms. The molecule has 2 aromatic rings. The minimum Gasteiger partial charge on any atom is -0.489 e. The molecule has 4 nitrogen and oxygen atoms in total. The zero-order valence-corrected chi connectivity index (χ0v) is 11.7. The Labute approximate surface area is 116 Å². The molecule has 0 aliphatic rings. The number of fused-ring (bicyclic) bond motifs is 1. The molecule has 20 heavy (non-hydrogen) atoms. The molecule has 0 atom stereocenters. The summed E-state index contributed by atoms with van der Waals surface area (Å²) in [5.41, 5.74) is 0.912. The van der Waals surface area contributed by atoms with Gasteiger partial charge in [-0.15, -0.1) is 0 Å². The molecule has 1 heterocycles. The number of hydrogen-bond acceptors (Lipinski definition) is 4. The van der Waals surface area contributed by atoms with Gasteiger partial charge < -0.3 is 9.15 Å². The van der Waals surface area contributed by atoms with E-state index >= 15 is 0 Å². The fourth-order valence-electron chi connectivity index (χ4n) is 2.05. The Hall–Kier alpha value is -2.36. The van der Waals surface area contributed by atoms with E-state index in [1.807, 2.05) is 26.0 Å². The van der Waals surface area contributed by atoms with Crippen molar-refractivity contribution in [2.24, 2.45) is 0 Å². The van der Waals surface area contributed by atoms with Crippen LogP contribution in [-0.2, 0) is 0 Å². The lowest BCUT2D eigenvalue weighted by Crippen LogP contribution is -2.06. The van der Waals surface area contributed by atoms with Crippen LogP contribution in [0.4, 0.5) is 0 Å². The highest BCUT2D eigenvalue weighted by Gasteiger charge is 2.17. The van der Waals surface area contributed by atoms with Gasteiger partial charge >= 0.3 is 5.63 Å². The first kappa shape index (κ1) is 14.1. The molecule has 2 rings (SSSR count). The third-order valence-corrected chi connectivity index (χ3v) is 3.00. The van der Waals surface area contributed by atoms with E-state index in [9.17, 15) is 9.59 Å². The van der Waals surface area contributed by atoms with Crippen molar-refractivity contribution in [3.63, 3.8) is 0 Å². The minimum atomic E-state index is -0.469. The van der Waals surface area contributed by atoms with Crippen LogP contribution >= 0.6 is 0 Å². The van der Waals surface area contributed by atoms with Crippen molar-refractivity contribution < 1.29 is 13.9 Å². The van der Waals surface area contributed by atoms with Crippen LogP contribution in [0.1, 0.15) is 29.8 Å². The number of hydrogen-bond donors (Lipinski definition) is 0. The Morgan fingerprint density at radius 2 is 2.15 bits per heavy atom. The van der Waals surface area contributed by atoms with Gasteiger partial charge in [0.15, 0.2) is 11.4 Å². The summed E-state index contributed by atoms with van der Waals surface area (Å²) < 4.78 is 10.8. The lowest BCUT2D eigenvalue weighted by atomic mass is 10.0. The molecule has 0 aliphatic carbocycles. The van der Waals surface area contributed by atoms with Gasteiger partial charge in [0.25, 0.3) is 0 Å². The Morgan fingerprint density at radius 1 is 1.40 bits per heavy atom. The SMILES string of the molecule is C/C=C/COc1ccc2c(C)cc(=O)oc2c1C(C)=O. The van der Waals surface area contributed by atoms with E-state index in [0.29, 0.717) is 23.5 Å². The van der Waals surface area contributed by atoms with E-state index < -0.39 is 5.63 Å². The largest absolute Gasteiger partial charge is 0.489 e. The smallest absolute Gasteiger partial charge is 0.336 e. The summed E-state index contributed by atoms with van der Waals surface area (Å²) >= 11 is 0. The highest BCUT2D eigenvalue weighted by molar-refractivity contribution is 6.07. The first-order chi connectivity index (χ1) is 9.54. The van der Waals surface area contributed by atoms with Crippen LogP contribution in [0.3, 0.4) is 0 Å². The molecule has 0 radical (unpaired) electrons. The third-order valence-electron chi connectivity index (χ3n) is 3.00. The molecule has 0 bridgehead atoms. The highest BCUT2D eigenvalue weighted by Crippen LogP contribution is 2.29. The Bertz CT molecular complexity index is 738. The van der Waals surface area contributed by atoms with Crippen LogP contribution < -0.4 is 10.4 Å². The van der Waals surface area contributed by atoms with Gasteiger partial charge in [-0.25, -0.2) is 4.79 Å². The second-order valence-electron chi connectivity index (χ2n) is 4.50. The normalized spacial score (nSPS) is 11.2. The Kier molecular flexibility index (Phi) is 4.03. The average Bonchev–Trinajstić information content (AvgIpc) is 2.37. The highest BCUT2D eigenvalue weighted by atomic mass is 16.5. The lowest BCUT2D eigenvalue weighted by molar-refractivity contribution is 0.101. The number of ether oxygens (including phenoxy) is 1. The van der Waals surface area contributed by atoms with Gasteiger partial charge in [-0.1, -0.05) is 12.2 Å². The summed E-state index contributed by atoms with van der Waals surface area (Å²) in [4.78, 5) is 23.4. The molecule has 104 valence electrons. The Morgan fingerprint density at radius 3 is 2.80 bits per heavy atom. The monoisotopic (exact) mass is 272 g/mol. The summed E-state index contributed by atoms with van der Waals surface area (Å²) in [5.74, 6) is 0.233. The maximum atomic E-state index is 11.9. The van der Waals surface area contributed by atoms with Crippen LogP contribution in [0.5, 0.6) is 5.75 Å². The van der Waals surface area contributed by atoms with Crippen LogP contribution in [0, 0.1) is 6.92 Å². The van der Waals surface area contributed by atoms with Gasteiger partial charge in [0.05, 0.1) is 0 Å². The van der Waals surface area contributed by atoms with E-state index in [2.05, 4.69) is 0 Å². The van der Waals surface area contributed by atoms with Crippen LogP contribution in [0.15, 0.2) is 39.6 Å². The first-order valence-electron chi connectivity index (χ1n) is 6.37. The van der Waals surface area contributed by atoms with Crippen molar-refractivity contribution in [1.82, 2.24) is 0 Å². The molecular formula is C16H16O4. The van der Waals surface area contributed by atoms with Crippen molar-refractivity contribution in [3.8, 4) is 5.75 Å². The van der Waals surface area contributed by atoms with Crippen LogP contribution in [0.25, 0.3) is 11.0 Å². The number of aryl methyl sites for hydroxylation is 1. The maximum Gasteiger partial charge on any atom is 0.336 e. The lowest BCUT2D eigenvalue weighted by Gasteiger charge is -2.11. The standard InChI is InChI=1S/C16H16O4/c1-4-5-8-19-13-7-6-12-10(2)9-14(18)20-16(12)15(13)11(3)17/h4-7,9H,8H2,1-3H3/b5-4+. The van der Waals surface area contributed by atoms with Gasteiger partial charge in [-0.2, -0.15) is 0 Å². The van der Waals surface area contributed by atoms with E-state index in [1.54, 1.807) is 12.1 Å². The predicted octanol–water partition coefficient (Wildman–Crippen LogP) is 3.26. The molecule has 0 aliphatic heterocycles. The molecule has 1 aromatic heterocycles. The first-order valence-corrected chi connectivity index (χ1v) is 6.37. The average molecular weight is 272 g/mol. The summed E-state index contributed by atoms with van der Waals surface area (Å²) in [6, 6.07) is 4.94. The molecule has 0 amide bonds. The van der Waals surface area contributed by atoms with Crippen molar-refractivity contribution in [2.75, 3.05) is 6.61 Å². The van der Waals surface area contributed by atoms with E-state index in [-0.39, 0.29) is 5.78 Å². The van der Waals surface area contributed by atoms with Crippen LogP contribution in [-0.4, -0.2) is 12.4 Å². The fraction of sp³-hybridized carbons (Fsp3) is 0.250. The number of allylic oxidation sites excluding steroid dienone is 1. The minimum absolute atomic E-state index is 0.195. The van der Waals surface area contributed by atoms with E-state index in [4.69, 9.17) is 9.15 Å². The number of ketones is 1. The topological polar surface area (TPSA) is 56.5 Å². The molecular weight excluding hydrogens is 256 g/mol. The Balaban J connectivity index is 2.68. The molecule has 4 heteroatoms. The second kappa shape index (κ2) is 5.74. The predicted molar refractivity (Wildman–Crippen MR) is 77.5 cm³/mol. The fourth-order valence-corrected chi connectivity index (χ4v) is 2.05. The van der Waals surface area contributed by atoms with Crippen molar-refractivity contribution >= 4 is 16.8 Å². The van der Waals surface area contributed by atoms with Crippen molar-refractivity contribution in [2.45, 2.75) is 20.8 Å². The number of benzene rings is 1. The summed E-state index contributed by atoms with van der Waals surface area (Å²) in [7, 11) is 0. The van der Waals surface area contributed by atoms with E-state index in [1.165, 1.54) is 13.0 Å². The molecule has 0 saturated carbocycles. The zero-order valence-electron chi connectivity index (χ0n) is 11.7. The number of Topliss-reactive ketones (excluding diaryl/α,β-unsaturated/α-hetero) is 1. The quantitative estimate of drug-likeness (QED) is 0.487. The molecule has 1 aromatic carbocycles. The molecule has 0 unspecified atom stereocenters. The molecule has 0 fully saturated rings. The molecule has 0 saturated heterocycles. The zero-order chi connectivity index (χ0) is 14.7. The number of rotatable bonds is 4. The van der Waals surface area contributed by atoms with E-state index in [0.717, 1.165) is 10.9 Å². The number of carbonyl (C=O) groups excluding carboxylic acids is 1. The maximum absolute atomic E-state index is 11.9. The summed E-state index contributed by atoms with van der Waals surface area (Å²) in [5, 5.41) is 0.744. The van der Waals surface area contributed by atoms with Gasteiger partial charge in [0, 0.05) is 11.5 Å². The van der Waals surface area contributed by atoms with Gasteiger partial charge in [0.1, 0.15) is 17.9 Å². The van der Waals surface area contributed by atoms with Gasteiger partial charge in [0.2, 0.25) is 0 Å². The van der Waals surface area contributed by atoms with Crippen molar-refractivity contribution in [1.29, 1.82) is 0 Å². The number of carbonyl (C=O) groups is 1. The third kappa shape index (κ3) is 2.64. The summed E-state index contributed by atoms with van der Waals surface area (Å²) in [6.07, 6.45) is 3.69. The second-order valence-corrected chi connectivity index (χ2v) is 4.50. The van der Waals surface area contributed by atoms with Crippen molar-refractivity contribution in [3.05, 3.63) is 51.9 Å². The summed E-state index contributed by atoms with van der Waals surface area (Å²) in [6.45, 7) is 5.49. The van der Waals surface area contributed by atoms with Crippen LogP contribution in [0.2, 0.25) is 0 Å². The molecule has 0 N–H and O–H groups in total. The van der Waals surface area contributed by atoms with Gasteiger partial charge in [-0.3, -0.25) is 4.79 Å². The van der Waals surface area contributed by atoms with Gasteiger partial charge in [-0.05, 0) is 38.5 Å².